The third kappa shape index (κ3) is 2.83. The van der Waals surface area contributed by atoms with Gasteiger partial charge in [0, 0.05) is 5.69 Å². The van der Waals surface area contributed by atoms with Gasteiger partial charge >= 0.3 is 0 Å². The van der Waals surface area contributed by atoms with E-state index in [1.807, 2.05) is 6.07 Å². The molecule has 21 heavy (non-hydrogen) atoms. The summed E-state index contributed by atoms with van der Waals surface area (Å²) in [6, 6.07) is 9.14. The highest BCUT2D eigenvalue weighted by atomic mass is 35.5. The second kappa shape index (κ2) is 5.93. The van der Waals surface area contributed by atoms with Gasteiger partial charge in [-0.1, -0.05) is 29.3 Å². The Balaban J connectivity index is 2.02. The quantitative estimate of drug-likeness (QED) is 0.788. The number of halogens is 2. The summed E-state index contributed by atoms with van der Waals surface area (Å²) in [5.41, 5.74) is 2.57. The second-order valence-corrected chi connectivity index (χ2v) is 5.70. The molecule has 0 bridgehead atoms. The average molecular weight is 319 g/mol. The number of nitriles is 1. The monoisotopic (exact) mass is 318 g/mol. The first-order chi connectivity index (χ1) is 10.2. The van der Waals surface area contributed by atoms with Gasteiger partial charge in [-0.25, -0.2) is 4.98 Å². The molecule has 0 saturated carbocycles. The van der Waals surface area contributed by atoms with Crippen LogP contribution >= 0.6 is 23.2 Å². The van der Waals surface area contributed by atoms with Crippen LogP contribution in [0.15, 0.2) is 24.3 Å². The lowest BCUT2D eigenvalue weighted by atomic mass is 9.95. The Morgan fingerprint density at radius 2 is 2.00 bits per heavy atom. The summed E-state index contributed by atoms with van der Waals surface area (Å²) in [7, 11) is 0. The van der Waals surface area contributed by atoms with Crippen LogP contribution in [0.3, 0.4) is 0 Å². The molecule has 3 rings (SSSR count). The lowest BCUT2D eigenvalue weighted by molar-refractivity contribution is 0.456. The molecular weight excluding hydrogens is 307 g/mol. The molecule has 1 heterocycles. The molecule has 2 aromatic rings. The number of pyridine rings is 1. The highest BCUT2D eigenvalue weighted by Crippen LogP contribution is 2.36. The number of benzene rings is 1. The number of rotatable bonds is 2. The SMILES string of the molecule is N#Cc1cc2c(nc1Oc1cccc(Cl)c1Cl)CCCC2. The summed E-state index contributed by atoms with van der Waals surface area (Å²) in [4.78, 5) is 4.50. The molecule has 0 spiro atoms. The third-order valence-corrected chi connectivity index (χ3v) is 4.31. The molecule has 1 aromatic carbocycles. The van der Waals surface area contributed by atoms with Crippen LogP contribution in [0.25, 0.3) is 0 Å². The summed E-state index contributed by atoms with van der Waals surface area (Å²) in [5.74, 6) is 0.700. The van der Waals surface area contributed by atoms with Gasteiger partial charge in [-0.15, -0.1) is 0 Å². The largest absolute Gasteiger partial charge is 0.436 e. The first kappa shape index (κ1) is 14.2. The molecule has 0 atom stereocenters. The van der Waals surface area contributed by atoms with Crippen LogP contribution in [0.4, 0.5) is 0 Å². The molecule has 1 aliphatic carbocycles. The minimum Gasteiger partial charge on any atom is -0.436 e. The predicted molar refractivity (Wildman–Crippen MR) is 82.1 cm³/mol. The first-order valence-corrected chi connectivity index (χ1v) is 7.49. The molecule has 106 valence electrons. The van der Waals surface area contributed by atoms with Crippen molar-refractivity contribution in [1.29, 1.82) is 5.26 Å². The van der Waals surface area contributed by atoms with Crippen molar-refractivity contribution in [3.63, 3.8) is 0 Å². The number of hydrogen-bond donors (Lipinski definition) is 0. The van der Waals surface area contributed by atoms with Gasteiger partial charge in [-0.05, 0) is 49.4 Å². The number of nitrogens with zero attached hydrogens (tertiary/aromatic N) is 2. The Kier molecular flexibility index (Phi) is 4.01. The molecule has 0 fully saturated rings. The number of ether oxygens (including phenoxy) is 1. The normalized spacial score (nSPS) is 13.4. The van der Waals surface area contributed by atoms with Crippen LogP contribution in [-0.2, 0) is 12.8 Å². The van der Waals surface area contributed by atoms with E-state index >= 15 is 0 Å². The van der Waals surface area contributed by atoms with Gasteiger partial charge in [0.05, 0.1) is 5.02 Å². The van der Waals surface area contributed by atoms with Crippen LogP contribution in [0.1, 0.15) is 29.7 Å². The predicted octanol–water partition coefficient (Wildman–Crippen LogP) is 4.93. The maximum Gasteiger partial charge on any atom is 0.237 e. The van der Waals surface area contributed by atoms with Crippen molar-refractivity contribution < 1.29 is 4.74 Å². The Labute approximate surface area is 133 Å². The highest BCUT2D eigenvalue weighted by molar-refractivity contribution is 6.42. The zero-order valence-corrected chi connectivity index (χ0v) is 12.7. The van der Waals surface area contributed by atoms with Gasteiger partial charge in [0.2, 0.25) is 5.88 Å². The fourth-order valence-corrected chi connectivity index (χ4v) is 2.77. The van der Waals surface area contributed by atoms with Gasteiger partial charge in [-0.3, -0.25) is 0 Å². The summed E-state index contributed by atoms with van der Waals surface area (Å²) in [5, 5.41) is 10.0. The molecule has 5 heteroatoms. The molecule has 1 aromatic heterocycles. The van der Waals surface area contributed by atoms with Crippen molar-refractivity contribution >= 4 is 23.2 Å². The maximum absolute atomic E-state index is 9.29. The highest BCUT2D eigenvalue weighted by Gasteiger charge is 2.17. The van der Waals surface area contributed by atoms with Crippen LogP contribution < -0.4 is 4.74 Å². The van der Waals surface area contributed by atoms with Gasteiger partial charge < -0.3 is 4.74 Å². The molecule has 0 amide bonds. The minimum atomic E-state index is 0.294. The zero-order valence-electron chi connectivity index (χ0n) is 11.2. The van der Waals surface area contributed by atoms with Crippen LogP contribution in [-0.4, -0.2) is 4.98 Å². The van der Waals surface area contributed by atoms with Crippen molar-refractivity contribution in [1.82, 2.24) is 4.98 Å². The molecule has 0 aliphatic heterocycles. The van der Waals surface area contributed by atoms with E-state index in [0.717, 1.165) is 36.9 Å². The maximum atomic E-state index is 9.29. The fraction of sp³-hybridized carbons (Fsp3) is 0.250. The Morgan fingerprint density at radius 3 is 2.81 bits per heavy atom. The van der Waals surface area contributed by atoms with Crippen LogP contribution in [0.2, 0.25) is 10.0 Å². The standard InChI is InChI=1S/C16H12Cl2N2O/c17-12-5-3-7-14(15(12)18)21-16-11(9-19)8-10-4-1-2-6-13(10)20-16/h3,5,7-8H,1-2,4,6H2. The van der Waals surface area contributed by atoms with Gasteiger partial charge in [-0.2, -0.15) is 5.26 Å². The topological polar surface area (TPSA) is 45.9 Å². The number of aromatic nitrogens is 1. The van der Waals surface area contributed by atoms with Gasteiger partial charge in [0.25, 0.3) is 0 Å². The summed E-state index contributed by atoms with van der Waals surface area (Å²) >= 11 is 12.1. The van der Waals surface area contributed by atoms with E-state index in [0.29, 0.717) is 27.2 Å². The van der Waals surface area contributed by atoms with E-state index in [1.54, 1.807) is 18.2 Å². The van der Waals surface area contributed by atoms with E-state index in [2.05, 4.69) is 11.1 Å². The van der Waals surface area contributed by atoms with Crippen molar-refractivity contribution in [3.05, 3.63) is 51.1 Å². The van der Waals surface area contributed by atoms with Gasteiger partial charge in [0.1, 0.15) is 22.4 Å². The van der Waals surface area contributed by atoms with E-state index in [-0.39, 0.29) is 0 Å². The molecule has 3 nitrogen and oxygen atoms in total. The summed E-state index contributed by atoms with van der Waals surface area (Å²) in [6.45, 7) is 0. The number of fused-ring (bicyclic) bond motifs is 1. The van der Waals surface area contributed by atoms with E-state index in [9.17, 15) is 5.26 Å². The molecule has 0 radical (unpaired) electrons. The number of hydrogen-bond acceptors (Lipinski definition) is 3. The Morgan fingerprint density at radius 1 is 1.19 bits per heavy atom. The molecule has 0 saturated heterocycles. The summed E-state index contributed by atoms with van der Waals surface area (Å²) in [6.07, 6.45) is 4.14. The average Bonchev–Trinajstić information content (AvgIpc) is 2.51. The number of aryl methyl sites for hydroxylation is 2. The Hall–Kier alpha value is -1.76. The zero-order chi connectivity index (χ0) is 14.8. The van der Waals surface area contributed by atoms with Gasteiger partial charge in [0.15, 0.2) is 0 Å². The molecule has 0 unspecified atom stereocenters. The third-order valence-electron chi connectivity index (χ3n) is 3.51. The van der Waals surface area contributed by atoms with Crippen LogP contribution in [0.5, 0.6) is 11.6 Å². The van der Waals surface area contributed by atoms with E-state index in [1.165, 1.54) is 0 Å². The second-order valence-electron chi connectivity index (χ2n) is 4.92. The van der Waals surface area contributed by atoms with Crippen molar-refractivity contribution in [3.8, 4) is 17.7 Å². The molecular formula is C16H12Cl2N2O. The van der Waals surface area contributed by atoms with Crippen molar-refractivity contribution in [2.45, 2.75) is 25.7 Å². The minimum absolute atomic E-state index is 0.294. The van der Waals surface area contributed by atoms with E-state index in [4.69, 9.17) is 27.9 Å². The molecule has 1 aliphatic rings. The first-order valence-electron chi connectivity index (χ1n) is 6.74. The van der Waals surface area contributed by atoms with Crippen LogP contribution in [0, 0.1) is 11.3 Å². The molecule has 0 N–H and O–H groups in total. The Bertz CT molecular complexity index is 738. The van der Waals surface area contributed by atoms with Crippen molar-refractivity contribution in [2.24, 2.45) is 0 Å². The fourth-order valence-electron chi connectivity index (χ4n) is 2.44. The smallest absolute Gasteiger partial charge is 0.237 e. The lowest BCUT2D eigenvalue weighted by Gasteiger charge is -2.17. The van der Waals surface area contributed by atoms with E-state index < -0.39 is 0 Å². The van der Waals surface area contributed by atoms with Crippen molar-refractivity contribution in [2.75, 3.05) is 0 Å². The lowest BCUT2D eigenvalue weighted by Crippen LogP contribution is -2.07. The summed E-state index contributed by atoms with van der Waals surface area (Å²) < 4.78 is 5.73.